The molecule has 0 aliphatic rings. The third-order valence-corrected chi connectivity index (χ3v) is 3.54. The lowest BCUT2D eigenvalue weighted by molar-refractivity contribution is 0.323. The quantitative estimate of drug-likeness (QED) is 0.852. The Morgan fingerprint density at radius 2 is 1.59 bits per heavy atom. The van der Waals surface area contributed by atoms with Gasteiger partial charge in [0.2, 0.25) is 5.75 Å². The van der Waals surface area contributed by atoms with Gasteiger partial charge in [0.25, 0.3) is 0 Å². The van der Waals surface area contributed by atoms with Crippen molar-refractivity contribution in [3.8, 4) is 17.2 Å². The molecule has 22 heavy (non-hydrogen) atoms. The zero-order chi connectivity index (χ0) is 15.9. The van der Waals surface area contributed by atoms with Crippen LogP contribution in [-0.4, -0.2) is 26.3 Å². The normalized spacial score (nSPS) is 11.8. The Balaban J connectivity index is 2.13. The average Bonchev–Trinajstić information content (AvgIpc) is 2.59. The first-order valence-electron chi connectivity index (χ1n) is 7.11. The van der Waals surface area contributed by atoms with Gasteiger partial charge in [-0.05, 0) is 42.3 Å². The van der Waals surface area contributed by atoms with E-state index in [1.54, 1.807) is 33.7 Å². The van der Waals surface area contributed by atoms with Crippen LogP contribution in [0.4, 0.5) is 0 Å². The highest BCUT2D eigenvalue weighted by Gasteiger charge is 2.13. The van der Waals surface area contributed by atoms with Crippen molar-refractivity contribution in [3.63, 3.8) is 0 Å². The molecule has 5 heteroatoms. The van der Waals surface area contributed by atoms with Crippen LogP contribution in [0.5, 0.6) is 17.2 Å². The predicted molar refractivity (Wildman–Crippen MR) is 85.6 cm³/mol. The van der Waals surface area contributed by atoms with Crippen molar-refractivity contribution >= 4 is 0 Å². The summed E-state index contributed by atoms with van der Waals surface area (Å²) in [4.78, 5) is 4.04. The fourth-order valence-electron chi connectivity index (χ4n) is 2.28. The number of nitrogens with zero attached hydrogens (tertiary/aromatic N) is 1. The minimum Gasteiger partial charge on any atom is -0.493 e. The van der Waals surface area contributed by atoms with Crippen molar-refractivity contribution < 1.29 is 14.2 Å². The molecular weight excluding hydrogens is 280 g/mol. The number of aromatic nitrogens is 1. The number of rotatable bonds is 7. The first-order chi connectivity index (χ1) is 10.7. The Morgan fingerprint density at radius 1 is 1.00 bits per heavy atom. The van der Waals surface area contributed by atoms with Gasteiger partial charge in [-0.3, -0.25) is 4.98 Å². The maximum atomic E-state index is 5.37. The highest BCUT2D eigenvalue weighted by atomic mass is 16.5. The highest BCUT2D eigenvalue weighted by Crippen LogP contribution is 2.38. The van der Waals surface area contributed by atoms with Gasteiger partial charge >= 0.3 is 0 Å². The summed E-state index contributed by atoms with van der Waals surface area (Å²) in [6, 6.07) is 8.14. The van der Waals surface area contributed by atoms with Crippen molar-refractivity contribution in [2.45, 2.75) is 19.5 Å². The van der Waals surface area contributed by atoms with Gasteiger partial charge in [-0.25, -0.2) is 0 Å². The number of ether oxygens (including phenoxy) is 3. The van der Waals surface area contributed by atoms with E-state index in [9.17, 15) is 0 Å². The number of methoxy groups -OCH3 is 3. The van der Waals surface area contributed by atoms with Crippen LogP contribution in [0.15, 0.2) is 36.7 Å². The Labute approximate surface area is 131 Å². The number of benzene rings is 1. The second-order valence-electron chi connectivity index (χ2n) is 4.92. The molecular formula is C17H22N2O3. The van der Waals surface area contributed by atoms with Crippen LogP contribution in [0.2, 0.25) is 0 Å². The van der Waals surface area contributed by atoms with Gasteiger partial charge in [0, 0.05) is 25.0 Å². The molecule has 1 aromatic heterocycles. The van der Waals surface area contributed by atoms with Crippen molar-refractivity contribution in [3.05, 3.63) is 47.8 Å². The number of hydrogen-bond acceptors (Lipinski definition) is 5. The Morgan fingerprint density at radius 3 is 2.09 bits per heavy atom. The molecule has 2 aromatic rings. The van der Waals surface area contributed by atoms with Crippen molar-refractivity contribution in [1.82, 2.24) is 10.3 Å². The summed E-state index contributed by atoms with van der Waals surface area (Å²) in [6.07, 6.45) is 3.60. The van der Waals surface area contributed by atoms with Crippen LogP contribution >= 0.6 is 0 Å². The Kier molecular flexibility index (Phi) is 5.61. The standard InChI is InChI=1S/C17H22N2O3/c1-12(14-5-7-18-8-6-14)19-11-13-9-15(20-2)17(22-4)16(10-13)21-3/h5-10,12,19H,11H2,1-4H3. The summed E-state index contributed by atoms with van der Waals surface area (Å²) < 4.78 is 16.1. The van der Waals surface area contributed by atoms with Crippen molar-refractivity contribution in [2.75, 3.05) is 21.3 Å². The summed E-state index contributed by atoms with van der Waals surface area (Å²) in [5, 5.41) is 3.48. The summed E-state index contributed by atoms with van der Waals surface area (Å²) >= 11 is 0. The number of nitrogens with one attached hydrogen (secondary N) is 1. The van der Waals surface area contributed by atoms with E-state index in [4.69, 9.17) is 14.2 Å². The van der Waals surface area contributed by atoms with Gasteiger partial charge in [0.15, 0.2) is 11.5 Å². The molecule has 0 saturated carbocycles. The van der Waals surface area contributed by atoms with E-state index >= 15 is 0 Å². The maximum Gasteiger partial charge on any atom is 0.203 e. The van der Waals surface area contributed by atoms with Gasteiger partial charge in [0.1, 0.15) is 0 Å². The molecule has 5 nitrogen and oxygen atoms in total. The molecule has 0 amide bonds. The van der Waals surface area contributed by atoms with Crippen molar-refractivity contribution in [2.24, 2.45) is 0 Å². The van der Waals surface area contributed by atoms with Gasteiger partial charge in [-0.2, -0.15) is 0 Å². The highest BCUT2D eigenvalue weighted by molar-refractivity contribution is 5.53. The second kappa shape index (κ2) is 7.66. The Hall–Kier alpha value is -2.27. The molecule has 1 unspecified atom stereocenters. The molecule has 1 atom stereocenters. The first-order valence-corrected chi connectivity index (χ1v) is 7.11. The zero-order valence-corrected chi connectivity index (χ0v) is 13.4. The largest absolute Gasteiger partial charge is 0.493 e. The lowest BCUT2D eigenvalue weighted by Gasteiger charge is -2.17. The van der Waals surface area contributed by atoms with Crippen LogP contribution in [0, 0.1) is 0 Å². The van der Waals surface area contributed by atoms with Crippen LogP contribution in [0.1, 0.15) is 24.1 Å². The molecule has 0 spiro atoms. The topological polar surface area (TPSA) is 52.6 Å². The summed E-state index contributed by atoms with van der Waals surface area (Å²) in [5.74, 6) is 1.93. The molecule has 1 heterocycles. The fourth-order valence-corrected chi connectivity index (χ4v) is 2.28. The van der Waals surface area contributed by atoms with E-state index in [2.05, 4.69) is 17.2 Å². The summed E-state index contributed by atoms with van der Waals surface area (Å²) in [7, 11) is 4.84. The van der Waals surface area contributed by atoms with E-state index in [0.29, 0.717) is 23.8 Å². The van der Waals surface area contributed by atoms with Crippen LogP contribution in [0.3, 0.4) is 0 Å². The third-order valence-electron chi connectivity index (χ3n) is 3.54. The molecule has 118 valence electrons. The van der Waals surface area contributed by atoms with Crippen LogP contribution in [-0.2, 0) is 6.54 Å². The smallest absolute Gasteiger partial charge is 0.203 e. The third kappa shape index (κ3) is 3.68. The molecule has 0 saturated heterocycles. The van der Waals surface area contributed by atoms with E-state index in [0.717, 1.165) is 5.56 Å². The van der Waals surface area contributed by atoms with Gasteiger partial charge < -0.3 is 19.5 Å². The van der Waals surface area contributed by atoms with Gasteiger partial charge in [-0.1, -0.05) is 0 Å². The molecule has 0 radical (unpaired) electrons. The van der Waals surface area contributed by atoms with E-state index in [-0.39, 0.29) is 6.04 Å². The van der Waals surface area contributed by atoms with Gasteiger partial charge in [0.05, 0.1) is 21.3 Å². The zero-order valence-electron chi connectivity index (χ0n) is 13.4. The average molecular weight is 302 g/mol. The minimum atomic E-state index is 0.224. The lowest BCUT2D eigenvalue weighted by Crippen LogP contribution is -2.18. The second-order valence-corrected chi connectivity index (χ2v) is 4.92. The van der Waals surface area contributed by atoms with E-state index < -0.39 is 0 Å². The van der Waals surface area contributed by atoms with Crippen molar-refractivity contribution in [1.29, 1.82) is 0 Å². The molecule has 0 bridgehead atoms. The Bertz CT molecular complexity index is 577. The van der Waals surface area contributed by atoms with Crippen LogP contribution < -0.4 is 19.5 Å². The lowest BCUT2D eigenvalue weighted by atomic mass is 10.1. The molecule has 2 rings (SSSR count). The van der Waals surface area contributed by atoms with Crippen LogP contribution in [0.25, 0.3) is 0 Å². The molecule has 0 aliphatic heterocycles. The summed E-state index contributed by atoms with van der Waals surface area (Å²) in [6.45, 7) is 2.81. The predicted octanol–water partition coefficient (Wildman–Crippen LogP) is 2.96. The molecule has 0 fully saturated rings. The SMILES string of the molecule is COc1cc(CNC(C)c2ccncc2)cc(OC)c1OC. The van der Waals surface area contributed by atoms with Gasteiger partial charge in [-0.15, -0.1) is 0 Å². The van der Waals surface area contributed by atoms with E-state index in [1.807, 2.05) is 24.3 Å². The first kappa shape index (κ1) is 16.1. The monoisotopic (exact) mass is 302 g/mol. The maximum absolute atomic E-state index is 5.37. The molecule has 1 aromatic carbocycles. The minimum absolute atomic E-state index is 0.224. The molecule has 1 N–H and O–H groups in total. The fraction of sp³-hybridized carbons (Fsp3) is 0.353. The summed E-state index contributed by atoms with van der Waals surface area (Å²) in [5.41, 5.74) is 2.26. The van der Waals surface area contributed by atoms with E-state index in [1.165, 1.54) is 5.56 Å². The number of hydrogen-bond donors (Lipinski definition) is 1. The number of pyridine rings is 1. The molecule has 0 aliphatic carbocycles.